The molecule has 2 N–H and O–H groups in total. The number of phenols is 1. The topological polar surface area (TPSA) is 94.1 Å². The molecular formula is C31H47NO6Si. The highest BCUT2D eigenvalue weighted by Gasteiger charge is 2.50. The van der Waals surface area contributed by atoms with Crippen molar-refractivity contribution in [3.05, 3.63) is 47.1 Å². The zero-order chi connectivity index (χ0) is 29.3. The van der Waals surface area contributed by atoms with Gasteiger partial charge in [0.05, 0.1) is 13.2 Å². The van der Waals surface area contributed by atoms with Gasteiger partial charge in [-0.05, 0) is 91.2 Å². The van der Waals surface area contributed by atoms with Crippen LogP contribution in [-0.2, 0) is 19.4 Å². The Kier molecular flexibility index (Phi) is 9.12. The maximum absolute atomic E-state index is 12.7. The lowest BCUT2D eigenvalue weighted by Gasteiger charge is -2.49. The Morgan fingerprint density at radius 3 is 2.28 bits per heavy atom. The van der Waals surface area contributed by atoms with E-state index in [1.807, 2.05) is 32.9 Å². The number of carbonyl (C=O) groups is 2. The first kappa shape index (κ1) is 31.0. The minimum Gasteiger partial charge on any atom is -0.504 e. The number of alkyl carbamates (subject to hydrolysis) is 1. The van der Waals surface area contributed by atoms with E-state index in [1.165, 1.54) is 7.11 Å². The monoisotopic (exact) mass is 557 g/mol. The lowest BCUT2D eigenvalue weighted by atomic mass is 9.62. The number of ether oxygens (including phenoxy) is 2. The molecule has 39 heavy (non-hydrogen) atoms. The lowest BCUT2D eigenvalue weighted by Crippen LogP contribution is -2.50. The number of nitrogens with one attached hydrogen (secondary N) is 1. The molecule has 7 nitrogen and oxygen atoms in total. The zero-order valence-electron chi connectivity index (χ0n) is 25.3. The first-order valence-corrected chi connectivity index (χ1v) is 16.2. The Balaban J connectivity index is 2.12. The van der Waals surface area contributed by atoms with Gasteiger partial charge in [0.1, 0.15) is 5.60 Å². The average molecular weight is 558 g/mol. The van der Waals surface area contributed by atoms with Crippen LogP contribution in [0.25, 0.3) is 0 Å². The molecule has 0 saturated carbocycles. The SMILES string of the molecule is COc1cc2c(cc1O)[C@@H](O[Si](C(C)C)(C(C)C)C(C)C)CC1=CC(=O)C=C[C@]12CCNC(=O)OC(C)(C)C. The minimum atomic E-state index is -2.30. The highest BCUT2D eigenvalue weighted by atomic mass is 28.4. The Bertz CT molecular complexity index is 1120. The van der Waals surface area contributed by atoms with Crippen LogP contribution in [0.2, 0.25) is 16.6 Å². The first-order chi connectivity index (χ1) is 18.1. The molecule has 0 heterocycles. The Morgan fingerprint density at radius 2 is 1.74 bits per heavy atom. The van der Waals surface area contributed by atoms with Crippen molar-refractivity contribution in [3.8, 4) is 11.5 Å². The molecule has 216 valence electrons. The third-order valence-electron chi connectivity index (χ3n) is 8.25. The molecule has 0 unspecified atom stereocenters. The summed E-state index contributed by atoms with van der Waals surface area (Å²) in [6, 6.07) is 3.63. The van der Waals surface area contributed by atoms with Gasteiger partial charge in [-0.1, -0.05) is 47.6 Å². The maximum atomic E-state index is 12.7. The molecule has 8 heteroatoms. The maximum Gasteiger partial charge on any atom is 0.407 e. The molecule has 0 aromatic heterocycles. The van der Waals surface area contributed by atoms with Crippen LogP contribution >= 0.6 is 0 Å². The average Bonchev–Trinajstić information content (AvgIpc) is 2.80. The Hall–Kier alpha value is -2.58. The van der Waals surface area contributed by atoms with Gasteiger partial charge >= 0.3 is 6.09 Å². The molecular weight excluding hydrogens is 510 g/mol. The summed E-state index contributed by atoms with van der Waals surface area (Å²) in [5, 5.41) is 13.7. The Morgan fingerprint density at radius 1 is 1.13 bits per heavy atom. The summed E-state index contributed by atoms with van der Waals surface area (Å²) in [5.74, 6) is 0.355. The number of fused-ring (bicyclic) bond motifs is 3. The van der Waals surface area contributed by atoms with Crippen molar-refractivity contribution in [3.63, 3.8) is 0 Å². The van der Waals surface area contributed by atoms with Gasteiger partial charge in [-0.25, -0.2) is 4.79 Å². The third-order valence-corrected chi connectivity index (χ3v) is 14.4. The number of methoxy groups -OCH3 is 1. The van der Waals surface area contributed by atoms with E-state index in [0.29, 0.717) is 41.8 Å². The molecule has 2 aliphatic rings. The predicted molar refractivity (Wildman–Crippen MR) is 157 cm³/mol. The van der Waals surface area contributed by atoms with Gasteiger partial charge in [0.15, 0.2) is 17.3 Å². The summed E-state index contributed by atoms with van der Waals surface area (Å²) in [6.07, 6.45) is 5.49. The van der Waals surface area contributed by atoms with E-state index in [2.05, 4.69) is 46.9 Å². The quantitative estimate of drug-likeness (QED) is 0.311. The highest BCUT2D eigenvalue weighted by Crippen LogP contribution is 2.55. The molecule has 0 radical (unpaired) electrons. The van der Waals surface area contributed by atoms with E-state index < -0.39 is 25.4 Å². The molecule has 1 aromatic rings. The summed E-state index contributed by atoms with van der Waals surface area (Å²) < 4.78 is 18.2. The molecule has 0 fully saturated rings. The second kappa shape index (κ2) is 11.5. The van der Waals surface area contributed by atoms with Crippen LogP contribution in [0.1, 0.15) is 92.4 Å². The van der Waals surface area contributed by atoms with E-state index in [1.54, 1.807) is 18.2 Å². The summed E-state index contributed by atoms with van der Waals surface area (Å²) in [4.78, 5) is 25.1. The fourth-order valence-electron chi connectivity index (χ4n) is 6.71. The van der Waals surface area contributed by atoms with Crippen LogP contribution in [0.4, 0.5) is 4.79 Å². The van der Waals surface area contributed by atoms with Crippen molar-refractivity contribution >= 4 is 20.2 Å². The van der Waals surface area contributed by atoms with Crippen molar-refractivity contribution in [2.24, 2.45) is 0 Å². The number of allylic oxidation sites excluding steroid dienone is 3. The van der Waals surface area contributed by atoms with Gasteiger partial charge < -0.3 is 24.3 Å². The molecule has 0 aliphatic heterocycles. The van der Waals surface area contributed by atoms with Gasteiger partial charge in [-0.3, -0.25) is 4.79 Å². The van der Waals surface area contributed by atoms with Crippen LogP contribution in [-0.4, -0.2) is 44.6 Å². The zero-order valence-corrected chi connectivity index (χ0v) is 26.3. The van der Waals surface area contributed by atoms with Gasteiger partial charge in [0, 0.05) is 12.0 Å². The van der Waals surface area contributed by atoms with Crippen molar-refractivity contribution in [2.45, 2.75) is 109 Å². The second-order valence-corrected chi connectivity index (χ2v) is 18.2. The number of hydrogen-bond donors (Lipinski definition) is 2. The van der Waals surface area contributed by atoms with Crippen LogP contribution < -0.4 is 10.1 Å². The molecule has 2 aliphatic carbocycles. The van der Waals surface area contributed by atoms with Crippen LogP contribution in [0.3, 0.4) is 0 Å². The van der Waals surface area contributed by atoms with Crippen molar-refractivity contribution in [1.29, 1.82) is 0 Å². The van der Waals surface area contributed by atoms with Gasteiger partial charge in [-0.15, -0.1) is 0 Å². The number of rotatable bonds is 9. The minimum absolute atomic E-state index is 0.0566. The summed E-state index contributed by atoms with van der Waals surface area (Å²) >= 11 is 0. The van der Waals surface area contributed by atoms with E-state index >= 15 is 0 Å². The number of phenolic OH excluding ortho intramolecular Hbond substituents is 1. The predicted octanol–water partition coefficient (Wildman–Crippen LogP) is 7.26. The van der Waals surface area contributed by atoms with Crippen LogP contribution in [0.15, 0.2) is 35.9 Å². The van der Waals surface area contributed by atoms with E-state index in [0.717, 1.165) is 16.7 Å². The van der Waals surface area contributed by atoms with Crippen molar-refractivity contribution < 1.29 is 28.6 Å². The van der Waals surface area contributed by atoms with Crippen molar-refractivity contribution in [1.82, 2.24) is 5.32 Å². The Labute approximate surface area is 235 Å². The number of hydrogen-bond acceptors (Lipinski definition) is 6. The normalized spacial score (nSPS) is 21.1. The van der Waals surface area contributed by atoms with E-state index in [-0.39, 0.29) is 17.6 Å². The number of aromatic hydroxyl groups is 1. The smallest absolute Gasteiger partial charge is 0.407 e. The summed E-state index contributed by atoms with van der Waals surface area (Å²) in [7, 11) is -0.772. The number of benzene rings is 1. The molecule has 1 aromatic carbocycles. The first-order valence-electron chi connectivity index (χ1n) is 14.1. The van der Waals surface area contributed by atoms with E-state index in [4.69, 9.17) is 13.9 Å². The lowest BCUT2D eigenvalue weighted by molar-refractivity contribution is -0.110. The van der Waals surface area contributed by atoms with Crippen molar-refractivity contribution in [2.75, 3.05) is 13.7 Å². The van der Waals surface area contributed by atoms with Gasteiger partial charge in [0.2, 0.25) is 8.32 Å². The van der Waals surface area contributed by atoms with Crippen LogP contribution in [0, 0.1) is 0 Å². The molecule has 3 rings (SSSR count). The fourth-order valence-corrected chi connectivity index (χ4v) is 12.2. The third kappa shape index (κ3) is 6.12. The fraction of sp³-hybridized carbons (Fsp3) is 0.613. The standard InChI is InChI=1S/C31H47NO6Si/c1-19(2)39(20(3)4,21(5)6)38-27-16-22-15-23(33)11-12-31(22,13-14-32-29(35)37-30(7,8)9)25-18-28(36-10)26(34)17-24(25)27/h11-12,15,17-21,27,34H,13-14,16H2,1-10H3,(H,32,35)/t27-,31-/m0/s1. The number of ketones is 1. The van der Waals surface area contributed by atoms with Gasteiger partial charge in [-0.2, -0.15) is 0 Å². The number of carbonyl (C=O) groups excluding carboxylic acids is 2. The van der Waals surface area contributed by atoms with Crippen LogP contribution in [0.5, 0.6) is 11.5 Å². The highest BCUT2D eigenvalue weighted by molar-refractivity contribution is 6.77. The van der Waals surface area contributed by atoms with E-state index in [9.17, 15) is 14.7 Å². The largest absolute Gasteiger partial charge is 0.504 e. The summed E-state index contributed by atoms with van der Waals surface area (Å²) in [5.41, 5.74) is 2.64. The second-order valence-electron chi connectivity index (χ2n) is 12.8. The number of amides is 1. The molecule has 1 amide bonds. The molecule has 0 spiro atoms. The molecule has 0 saturated heterocycles. The summed E-state index contributed by atoms with van der Waals surface area (Å²) in [6.45, 7) is 19.3. The molecule has 2 atom stereocenters. The van der Waals surface area contributed by atoms with Gasteiger partial charge in [0.25, 0.3) is 0 Å². The molecule has 0 bridgehead atoms.